The molecule has 0 aromatic carbocycles. The first-order valence-corrected chi connectivity index (χ1v) is 24.6. The maximum absolute atomic E-state index is 14.1. The van der Waals surface area contributed by atoms with Gasteiger partial charge in [0, 0.05) is 49.5 Å². The molecule has 1 unspecified atom stereocenters. The first-order valence-electron chi connectivity index (χ1n) is 21.7. The van der Waals surface area contributed by atoms with Crippen LogP contribution in [-0.4, -0.2) is 104 Å². The highest BCUT2D eigenvalue weighted by molar-refractivity contribution is 6.74. The largest absolute Gasteiger partial charge is 0.457 e. The number of likely N-dealkylation sites (tertiary alicyclic amines) is 2. The van der Waals surface area contributed by atoms with Crippen molar-refractivity contribution in [3.8, 4) is 0 Å². The SMILES string of the molecule is CCOC(C)O[C@]1(C)CC[C@@H](O[Si](C)(C)C(C)(C)C)CC(=O)O[C@H](/C(C)=C/C=C/[C@@H](C)c2ccccn2)[C@@H](C)/C=C/[C@@H]1OC(=O)N1CCC(N2CCCCC2)CC1. The number of hydrogen-bond acceptors (Lipinski definition) is 9. The highest BCUT2D eigenvalue weighted by Crippen LogP contribution is 2.40. The molecule has 1 aromatic rings. The Labute approximate surface area is 345 Å². The molecule has 1 aromatic heterocycles. The maximum atomic E-state index is 14.1. The van der Waals surface area contributed by atoms with Crippen molar-refractivity contribution in [3.05, 3.63) is 66.0 Å². The maximum Gasteiger partial charge on any atom is 0.410 e. The molecule has 7 atom stereocenters. The molecule has 2 saturated heterocycles. The van der Waals surface area contributed by atoms with Gasteiger partial charge in [0.1, 0.15) is 11.7 Å². The minimum absolute atomic E-state index is 0.0682. The number of cyclic esters (lactones) is 1. The van der Waals surface area contributed by atoms with Crippen LogP contribution in [0.25, 0.3) is 0 Å². The Morgan fingerprint density at radius 3 is 2.40 bits per heavy atom. The topological polar surface area (TPSA) is 99.7 Å². The third-order valence-electron chi connectivity index (χ3n) is 12.6. The summed E-state index contributed by atoms with van der Waals surface area (Å²) >= 11 is 0. The lowest BCUT2D eigenvalue weighted by Gasteiger charge is -2.43. The van der Waals surface area contributed by atoms with Gasteiger partial charge in [0.2, 0.25) is 0 Å². The number of amides is 1. The Morgan fingerprint density at radius 2 is 1.77 bits per heavy atom. The van der Waals surface area contributed by atoms with Crippen LogP contribution >= 0.6 is 0 Å². The Balaban J connectivity index is 1.67. The molecule has 4 rings (SSSR count). The number of aromatic nitrogens is 1. The number of allylic oxidation sites excluding steroid dienone is 3. The summed E-state index contributed by atoms with van der Waals surface area (Å²) in [6, 6.07) is 6.43. The predicted molar refractivity (Wildman–Crippen MR) is 231 cm³/mol. The van der Waals surface area contributed by atoms with Crippen molar-refractivity contribution in [3.63, 3.8) is 0 Å². The Bertz CT molecular complexity index is 1500. The third-order valence-corrected chi connectivity index (χ3v) is 17.1. The number of nitrogens with zero attached hydrogens (tertiary/aromatic N) is 3. The molecule has 320 valence electrons. The van der Waals surface area contributed by atoms with Crippen molar-refractivity contribution in [2.45, 2.75) is 174 Å². The van der Waals surface area contributed by atoms with Gasteiger partial charge in [-0.2, -0.15) is 0 Å². The van der Waals surface area contributed by atoms with Crippen LogP contribution in [0.1, 0.15) is 125 Å². The molecular weight excluding hydrogens is 735 g/mol. The Morgan fingerprint density at radius 1 is 1.07 bits per heavy atom. The second-order valence-electron chi connectivity index (χ2n) is 18.3. The van der Waals surface area contributed by atoms with Crippen LogP contribution in [0, 0.1) is 5.92 Å². The van der Waals surface area contributed by atoms with Crippen LogP contribution in [0.15, 0.2) is 60.3 Å². The fourth-order valence-corrected chi connectivity index (χ4v) is 9.38. The van der Waals surface area contributed by atoms with Gasteiger partial charge >= 0.3 is 12.1 Å². The van der Waals surface area contributed by atoms with Crippen LogP contribution < -0.4 is 0 Å². The summed E-state index contributed by atoms with van der Waals surface area (Å²) in [4.78, 5) is 37.0. The molecule has 0 aliphatic carbocycles. The smallest absolute Gasteiger partial charge is 0.410 e. The molecule has 4 heterocycles. The van der Waals surface area contributed by atoms with Gasteiger partial charge in [0.25, 0.3) is 0 Å². The van der Waals surface area contributed by atoms with Crippen molar-refractivity contribution >= 4 is 20.4 Å². The average Bonchev–Trinajstić information content (AvgIpc) is 3.17. The van der Waals surface area contributed by atoms with Crippen molar-refractivity contribution in [2.75, 3.05) is 32.8 Å². The van der Waals surface area contributed by atoms with E-state index in [4.69, 9.17) is 23.4 Å². The van der Waals surface area contributed by atoms with E-state index in [1.54, 1.807) is 6.20 Å². The van der Waals surface area contributed by atoms with E-state index < -0.39 is 38.5 Å². The van der Waals surface area contributed by atoms with Crippen molar-refractivity contribution in [1.29, 1.82) is 0 Å². The number of esters is 1. The molecule has 2 fully saturated rings. The van der Waals surface area contributed by atoms with Gasteiger partial charge in [-0.25, -0.2) is 4.79 Å². The van der Waals surface area contributed by atoms with E-state index in [9.17, 15) is 9.59 Å². The summed E-state index contributed by atoms with van der Waals surface area (Å²) in [5.41, 5.74) is 0.894. The number of piperidine rings is 2. The lowest BCUT2D eigenvalue weighted by atomic mass is 9.88. The van der Waals surface area contributed by atoms with E-state index in [2.05, 4.69) is 56.7 Å². The summed E-state index contributed by atoms with van der Waals surface area (Å²) in [6.07, 6.45) is 16.1. The Kier molecular flexibility index (Phi) is 17.6. The fourth-order valence-electron chi connectivity index (χ4n) is 7.99. The predicted octanol–water partition coefficient (Wildman–Crippen LogP) is 9.98. The van der Waals surface area contributed by atoms with Crippen molar-refractivity contribution in [2.24, 2.45) is 5.92 Å². The molecule has 1 amide bonds. The first kappa shape index (κ1) is 46.9. The highest BCUT2D eigenvalue weighted by Gasteiger charge is 2.44. The molecule has 0 bridgehead atoms. The van der Waals surface area contributed by atoms with E-state index in [1.165, 1.54) is 19.3 Å². The van der Waals surface area contributed by atoms with Gasteiger partial charge in [-0.05, 0) is 121 Å². The number of ether oxygens (including phenoxy) is 4. The summed E-state index contributed by atoms with van der Waals surface area (Å²) in [6.45, 7) is 27.1. The molecule has 0 radical (unpaired) electrons. The average molecular weight is 810 g/mol. The van der Waals surface area contributed by atoms with Crippen LogP contribution in [0.5, 0.6) is 0 Å². The second-order valence-corrected chi connectivity index (χ2v) is 23.1. The van der Waals surface area contributed by atoms with Crippen LogP contribution in [0.3, 0.4) is 0 Å². The fraction of sp³-hybridized carbons (Fsp3) is 0.717. The van der Waals surface area contributed by atoms with E-state index in [0.717, 1.165) is 37.2 Å². The number of pyridine rings is 1. The quantitative estimate of drug-likeness (QED) is 0.0672. The van der Waals surface area contributed by atoms with E-state index in [0.29, 0.717) is 38.6 Å². The van der Waals surface area contributed by atoms with E-state index in [-0.39, 0.29) is 35.4 Å². The van der Waals surface area contributed by atoms with Crippen molar-refractivity contribution in [1.82, 2.24) is 14.8 Å². The van der Waals surface area contributed by atoms with Crippen molar-refractivity contribution < 1.29 is 33.0 Å². The van der Waals surface area contributed by atoms with Gasteiger partial charge in [0.15, 0.2) is 20.7 Å². The van der Waals surface area contributed by atoms with E-state index in [1.807, 2.05) is 82.0 Å². The molecule has 57 heavy (non-hydrogen) atoms. The summed E-state index contributed by atoms with van der Waals surface area (Å²) < 4.78 is 32.5. The first-order chi connectivity index (χ1) is 26.9. The number of carbonyl (C=O) groups is 2. The number of rotatable bonds is 12. The Hall–Kier alpha value is -2.83. The summed E-state index contributed by atoms with van der Waals surface area (Å²) in [5.74, 6) is -0.437. The summed E-state index contributed by atoms with van der Waals surface area (Å²) in [7, 11) is -2.30. The molecule has 0 spiro atoms. The lowest BCUT2D eigenvalue weighted by molar-refractivity contribution is -0.222. The minimum atomic E-state index is -2.30. The molecule has 0 saturated carbocycles. The second kappa shape index (κ2) is 21.4. The van der Waals surface area contributed by atoms with Crippen LogP contribution in [0.2, 0.25) is 18.1 Å². The summed E-state index contributed by atoms with van der Waals surface area (Å²) in [5, 5.41) is -0.0682. The normalized spacial score (nSPS) is 28.6. The zero-order valence-electron chi connectivity index (χ0n) is 37.1. The van der Waals surface area contributed by atoms with E-state index >= 15 is 0 Å². The molecule has 3 aliphatic rings. The van der Waals surface area contributed by atoms with Gasteiger partial charge in [0.05, 0.1) is 12.5 Å². The molecular formula is C46H75N3O7Si. The van der Waals surface area contributed by atoms with Gasteiger partial charge < -0.3 is 33.2 Å². The third kappa shape index (κ3) is 13.9. The lowest BCUT2D eigenvalue weighted by Crippen LogP contribution is -2.52. The van der Waals surface area contributed by atoms with Gasteiger partial charge in [-0.3, -0.25) is 9.78 Å². The zero-order valence-corrected chi connectivity index (χ0v) is 38.1. The zero-order chi connectivity index (χ0) is 41.8. The molecule has 3 aliphatic heterocycles. The van der Waals surface area contributed by atoms with Gasteiger partial charge in [-0.15, -0.1) is 0 Å². The molecule has 10 nitrogen and oxygen atoms in total. The number of carbonyl (C=O) groups excluding carboxylic acids is 2. The van der Waals surface area contributed by atoms with Crippen LogP contribution in [0.4, 0.5) is 4.79 Å². The van der Waals surface area contributed by atoms with Crippen LogP contribution in [-0.2, 0) is 28.2 Å². The molecule has 0 N–H and O–H groups in total. The minimum Gasteiger partial charge on any atom is -0.457 e. The number of hydrogen-bond donors (Lipinski definition) is 0. The molecule has 11 heteroatoms. The monoisotopic (exact) mass is 810 g/mol. The highest BCUT2D eigenvalue weighted by atomic mass is 28.4. The standard InChI is InChI=1S/C46H75N3O7Si/c1-12-52-37(5)55-46(9)27-24-39(56-57(10,11)45(6,7)8)33-42(50)54-43(35(3)20-18-19-34(2)40-21-14-15-28-47-40)36(4)22-23-41(46)53-44(51)49-31-25-38(26-32-49)48-29-16-13-17-30-48/h14-15,18-23,28,34,36-39,41,43H,12-13,16-17,24-27,29-33H2,1-11H3/b19-18+,23-22+,35-20+/t34-,36+,37?,39-,41+,43-,46-/m1/s1. The van der Waals surface area contributed by atoms with Gasteiger partial charge in [-0.1, -0.05) is 71.4 Å².